The Hall–Kier alpha value is -2.18. The maximum atomic E-state index is 12.9. The first-order chi connectivity index (χ1) is 11.2. The van der Waals surface area contributed by atoms with Gasteiger partial charge in [0, 0.05) is 12.2 Å². The molecule has 1 aromatic rings. The van der Waals surface area contributed by atoms with E-state index in [2.05, 4.69) is 5.32 Å². The number of carbonyl (C=O) groups excluding carboxylic acids is 2. The first kappa shape index (κ1) is 14.4. The number of hydrogen-bond donors (Lipinski definition) is 2. The molecule has 0 unspecified atom stereocenters. The summed E-state index contributed by atoms with van der Waals surface area (Å²) in [5.41, 5.74) is 0.106. The zero-order chi connectivity index (χ0) is 16.0. The van der Waals surface area contributed by atoms with Crippen LogP contribution < -0.4 is 10.2 Å². The largest absolute Gasteiger partial charge is 0.395 e. The summed E-state index contributed by atoms with van der Waals surface area (Å²) < 4.78 is 6.02. The van der Waals surface area contributed by atoms with Crippen LogP contribution >= 0.6 is 0 Å². The van der Waals surface area contributed by atoms with Gasteiger partial charge in [0.2, 0.25) is 11.8 Å². The van der Waals surface area contributed by atoms with Crippen LogP contribution in [0.4, 0.5) is 5.69 Å². The average molecular weight is 314 g/mol. The molecular weight excluding hydrogens is 296 g/mol. The van der Waals surface area contributed by atoms with Crippen molar-refractivity contribution in [2.75, 3.05) is 24.6 Å². The monoisotopic (exact) mass is 314 g/mol. The Balaban J connectivity index is 1.65. The van der Waals surface area contributed by atoms with Crippen LogP contribution in [0.1, 0.15) is 0 Å². The summed E-state index contributed by atoms with van der Waals surface area (Å²) in [6.07, 6.45) is 3.45. The van der Waals surface area contributed by atoms with Crippen molar-refractivity contribution in [1.29, 1.82) is 0 Å². The molecule has 3 aliphatic heterocycles. The van der Waals surface area contributed by atoms with Gasteiger partial charge in [-0.15, -0.1) is 0 Å². The zero-order valence-electron chi connectivity index (χ0n) is 12.5. The lowest BCUT2D eigenvalue weighted by Gasteiger charge is -2.23. The van der Waals surface area contributed by atoms with Gasteiger partial charge in [-0.1, -0.05) is 30.4 Å². The minimum absolute atomic E-state index is 0.0767. The van der Waals surface area contributed by atoms with Crippen LogP contribution in [0.15, 0.2) is 42.5 Å². The Morgan fingerprint density at radius 3 is 2.91 bits per heavy atom. The Kier molecular flexibility index (Phi) is 3.25. The number of carbonyl (C=O) groups is 2. The van der Waals surface area contributed by atoms with E-state index in [-0.39, 0.29) is 31.1 Å². The summed E-state index contributed by atoms with van der Waals surface area (Å²) in [6.45, 7) is 0.485. The number of nitrogens with one attached hydrogen (secondary N) is 1. The molecule has 3 heterocycles. The molecule has 2 fully saturated rings. The van der Waals surface area contributed by atoms with Crippen molar-refractivity contribution in [1.82, 2.24) is 5.32 Å². The maximum Gasteiger partial charge on any atom is 0.234 e. The summed E-state index contributed by atoms with van der Waals surface area (Å²) in [4.78, 5) is 27.1. The molecule has 23 heavy (non-hydrogen) atoms. The fourth-order valence-electron chi connectivity index (χ4n) is 3.92. The van der Waals surface area contributed by atoms with Gasteiger partial charge in [0.25, 0.3) is 0 Å². The molecule has 4 rings (SSSR count). The molecule has 2 amide bonds. The number of amides is 2. The van der Waals surface area contributed by atoms with E-state index >= 15 is 0 Å². The molecule has 6 heteroatoms. The van der Waals surface area contributed by atoms with Crippen molar-refractivity contribution in [2.24, 2.45) is 11.8 Å². The molecule has 2 bridgehead atoms. The molecule has 1 aromatic carbocycles. The van der Waals surface area contributed by atoms with Gasteiger partial charge >= 0.3 is 0 Å². The fourth-order valence-corrected chi connectivity index (χ4v) is 3.92. The highest BCUT2D eigenvalue weighted by Crippen LogP contribution is 2.52. The number of para-hydroxylation sites is 1. The molecule has 0 aromatic heterocycles. The molecule has 6 nitrogen and oxygen atoms in total. The Labute approximate surface area is 133 Å². The van der Waals surface area contributed by atoms with Gasteiger partial charge in [-0.2, -0.15) is 0 Å². The van der Waals surface area contributed by atoms with E-state index in [0.717, 1.165) is 5.69 Å². The zero-order valence-corrected chi connectivity index (χ0v) is 12.5. The average Bonchev–Trinajstić information content (AvgIpc) is 3.22. The fraction of sp³-hybridized carbons (Fsp3) is 0.412. The predicted octanol–water partition coefficient (Wildman–Crippen LogP) is 0.0815. The highest BCUT2D eigenvalue weighted by molar-refractivity contribution is 6.03. The molecule has 2 N–H and O–H groups in total. The third-order valence-electron chi connectivity index (χ3n) is 4.88. The second kappa shape index (κ2) is 5.18. The van der Waals surface area contributed by atoms with Crippen molar-refractivity contribution < 1.29 is 19.4 Å². The minimum Gasteiger partial charge on any atom is -0.395 e. The van der Waals surface area contributed by atoms with E-state index in [9.17, 15) is 9.59 Å². The Morgan fingerprint density at radius 1 is 1.39 bits per heavy atom. The molecule has 1 spiro atoms. The van der Waals surface area contributed by atoms with E-state index in [1.807, 2.05) is 42.5 Å². The second-order valence-electron chi connectivity index (χ2n) is 6.17. The molecule has 0 aliphatic carbocycles. The van der Waals surface area contributed by atoms with Crippen LogP contribution in [0.25, 0.3) is 0 Å². The highest BCUT2D eigenvalue weighted by atomic mass is 16.5. The molecule has 120 valence electrons. The standard InChI is InChI=1S/C17H18N2O4/c20-9-8-18-15(21)13-12-6-7-17(23-12)10-19(16(22)14(13)17)11-4-2-1-3-5-11/h1-7,12-14,20H,8-10H2,(H,18,21)/t12-,13-,14+,17-/m1/s1. The second-order valence-corrected chi connectivity index (χ2v) is 6.17. The van der Waals surface area contributed by atoms with E-state index in [1.54, 1.807) is 4.90 Å². The van der Waals surface area contributed by atoms with Gasteiger partial charge in [-0.25, -0.2) is 0 Å². The summed E-state index contributed by atoms with van der Waals surface area (Å²) in [7, 11) is 0. The third kappa shape index (κ3) is 2.02. The first-order valence-electron chi connectivity index (χ1n) is 7.78. The van der Waals surface area contributed by atoms with Crippen LogP contribution in [0.3, 0.4) is 0 Å². The van der Waals surface area contributed by atoms with Gasteiger partial charge in [0.1, 0.15) is 5.60 Å². The number of benzene rings is 1. The summed E-state index contributed by atoms with van der Waals surface area (Å²) >= 11 is 0. The lowest BCUT2D eigenvalue weighted by Crippen LogP contribution is -2.44. The topological polar surface area (TPSA) is 78.9 Å². The van der Waals surface area contributed by atoms with Crippen molar-refractivity contribution in [3.05, 3.63) is 42.5 Å². The third-order valence-corrected chi connectivity index (χ3v) is 4.88. The summed E-state index contributed by atoms with van der Waals surface area (Å²) in [5.74, 6) is -1.35. The lowest BCUT2D eigenvalue weighted by atomic mass is 9.77. The number of anilines is 1. The normalized spacial score (nSPS) is 34.0. The van der Waals surface area contributed by atoms with Crippen molar-refractivity contribution >= 4 is 17.5 Å². The molecule has 4 atom stereocenters. The number of aliphatic hydroxyl groups excluding tert-OH is 1. The van der Waals surface area contributed by atoms with Crippen molar-refractivity contribution in [2.45, 2.75) is 11.7 Å². The number of fused-ring (bicyclic) bond motifs is 1. The first-order valence-corrected chi connectivity index (χ1v) is 7.78. The molecule has 0 saturated carbocycles. The van der Waals surface area contributed by atoms with Crippen LogP contribution in [0.5, 0.6) is 0 Å². The number of nitrogens with zero attached hydrogens (tertiary/aromatic N) is 1. The smallest absolute Gasteiger partial charge is 0.234 e. The van der Waals surface area contributed by atoms with Crippen LogP contribution in [0.2, 0.25) is 0 Å². The lowest BCUT2D eigenvalue weighted by molar-refractivity contribution is -0.132. The molecular formula is C17H18N2O4. The number of rotatable bonds is 4. The Morgan fingerprint density at radius 2 is 2.17 bits per heavy atom. The van der Waals surface area contributed by atoms with Crippen LogP contribution in [0, 0.1) is 11.8 Å². The van der Waals surface area contributed by atoms with Crippen molar-refractivity contribution in [3.8, 4) is 0 Å². The van der Waals surface area contributed by atoms with Gasteiger partial charge in [0.05, 0.1) is 31.1 Å². The SMILES string of the molecule is O=C(NCCO)[C@H]1[C@H]2C(=O)N(c3ccccc3)C[C@]23C=C[C@H]1O3. The molecule has 0 radical (unpaired) electrons. The van der Waals surface area contributed by atoms with Gasteiger partial charge < -0.3 is 20.1 Å². The summed E-state index contributed by atoms with van der Waals surface area (Å²) in [6, 6.07) is 9.43. The van der Waals surface area contributed by atoms with E-state index in [1.165, 1.54) is 0 Å². The number of aliphatic hydroxyl groups is 1. The Bertz CT molecular complexity index is 674. The number of ether oxygens (including phenoxy) is 1. The minimum atomic E-state index is -0.710. The predicted molar refractivity (Wildman–Crippen MR) is 82.6 cm³/mol. The van der Waals surface area contributed by atoms with E-state index in [4.69, 9.17) is 9.84 Å². The molecule has 3 aliphatic rings. The van der Waals surface area contributed by atoms with Crippen molar-refractivity contribution in [3.63, 3.8) is 0 Å². The summed E-state index contributed by atoms with van der Waals surface area (Å²) in [5, 5.41) is 11.6. The van der Waals surface area contributed by atoms with E-state index < -0.39 is 17.4 Å². The number of hydrogen-bond acceptors (Lipinski definition) is 4. The van der Waals surface area contributed by atoms with Gasteiger partial charge in [-0.3, -0.25) is 9.59 Å². The highest BCUT2D eigenvalue weighted by Gasteiger charge is 2.66. The van der Waals surface area contributed by atoms with Crippen LogP contribution in [-0.2, 0) is 14.3 Å². The van der Waals surface area contributed by atoms with Gasteiger partial charge in [-0.05, 0) is 12.1 Å². The van der Waals surface area contributed by atoms with Gasteiger partial charge in [0.15, 0.2) is 0 Å². The van der Waals surface area contributed by atoms with E-state index in [0.29, 0.717) is 6.54 Å². The maximum absolute atomic E-state index is 12.9. The quantitative estimate of drug-likeness (QED) is 0.772. The van der Waals surface area contributed by atoms with Crippen LogP contribution in [-0.4, -0.2) is 48.3 Å². The molecule has 2 saturated heterocycles.